The molecule has 2 N–H and O–H groups in total. The zero-order valence-corrected chi connectivity index (χ0v) is 10.1. The van der Waals surface area contributed by atoms with Gasteiger partial charge in [0.1, 0.15) is 0 Å². The molecule has 1 fully saturated rings. The molecule has 0 bridgehead atoms. The summed E-state index contributed by atoms with van der Waals surface area (Å²) < 4.78 is 0. The predicted molar refractivity (Wildman–Crippen MR) is 66.4 cm³/mol. The third kappa shape index (κ3) is 2.30. The van der Waals surface area contributed by atoms with Crippen molar-refractivity contribution in [2.45, 2.75) is 25.8 Å². The topological polar surface area (TPSA) is 77.8 Å². The van der Waals surface area contributed by atoms with Crippen molar-refractivity contribution in [1.82, 2.24) is 0 Å². The van der Waals surface area contributed by atoms with Crippen LogP contribution < -0.4 is 4.90 Å². The highest BCUT2D eigenvalue weighted by Gasteiger charge is 2.22. The first-order chi connectivity index (χ1) is 8.49. The smallest absolute Gasteiger partial charge is 0.335 e. The van der Waals surface area contributed by atoms with E-state index in [1.54, 1.807) is 0 Å². The Morgan fingerprint density at radius 1 is 1.17 bits per heavy atom. The van der Waals surface area contributed by atoms with Crippen LogP contribution in [0.4, 0.5) is 5.69 Å². The lowest BCUT2D eigenvalue weighted by Gasteiger charge is -2.24. The van der Waals surface area contributed by atoms with Crippen LogP contribution in [0.3, 0.4) is 0 Å². The molecular weight excluding hydrogens is 234 g/mol. The summed E-state index contributed by atoms with van der Waals surface area (Å²) in [6, 6.07) is 4.58. The Balaban J connectivity index is 2.46. The van der Waals surface area contributed by atoms with E-state index in [1.165, 1.54) is 18.2 Å². The fraction of sp³-hybridized carbons (Fsp3) is 0.385. The van der Waals surface area contributed by atoms with Gasteiger partial charge in [-0.25, -0.2) is 9.59 Å². The zero-order chi connectivity index (χ0) is 13.3. The Bertz CT molecular complexity index is 466. The van der Waals surface area contributed by atoms with Crippen molar-refractivity contribution in [1.29, 1.82) is 0 Å². The Labute approximate surface area is 105 Å². The molecule has 18 heavy (non-hydrogen) atoms. The van der Waals surface area contributed by atoms with Gasteiger partial charge in [-0.15, -0.1) is 0 Å². The summed E-state index contributed by atoms with van der Waals surface area (Å²) in [4.78, 5) is 24.1. The van der Waals surface area contributed by atoms with Gasteiger partial charge in [0.25, 0.3) is 0 Å². The second-order valence-corrected chi connectivity index (χ2v) is 4.56. The van der Waals surface area contributed by atoms with E-state index in [1.807, 2.05) is 0 Å². The summed E-state index contributed by atoms with van der Waals surface area (Å²) in [6.07, 6.45) is 2.08. The summed E-state index contributed by atoms with van der Waals surface area (Å²) in [6.45, 7) is 2.89. The van der Waals surface area contributed by atoms with Crippen molar-refractivity contribution in [2.75, 3.05) is 11.4 Å². The van der Waals surface area contributed by atoms with E-state index in [2.05, 4.69) is 11.8 Å². The molecule has 1 atom stereocenters. The molecule has 0 aromatic heterocycles. The molecule has 0 radical (unpaired) electrons. The van der Waals surface area contributed by atoms with E-state index in [4.69, 9.17) is 10.2 Å². The number of nitrogens with zero attached hydrogens (tertiary/aromatic N) is 1. The summed E-state index contributed by atoms with van der Waals surface area (Å²) in [7, 11) is 0. The van der Waals surface area contributed by atoms with E-state index >= 15 is 0 Å². The maximum atomic E-state index is 11.0. The number of hydrogen-bond donors (Lipinski definition) is 2. The number of rotatable bonds is 3. The SMILES string of the molecule is CC1CCCN1c1cc(C(=O)O)cc(C(=O)O)c1. The van der Waals surface area contributed by atoms with Crippen LogP contribution in [0.2, 0.25) is 0 Å². The summed E-state index contributed by atoms with van der Waals surface area (Å²) >= 11 is 0. The number of anilines is 1. The molecule has 0 spiro atoms. The van der Waals surface area contributed by atoms with E-state index in [0.717, 1.165) is 19.4 Å². The minimum Gasteiger partial charge on any atom is -0.478 e. The maximum Gasteiger partial charge on any atom is 0.335 e. The molecule has 1 aromatic rings. The molecule has 5 heteroatoms. The largest absolute Gasteiger partial charge is 0.478 e. The monoisotopic (exact) mass is 249 g/mol. The van der Waals surface area contributed by atoms with Crippen molar-refractivity contribution >= 4 is 17.6 Å². The standard InChI is InChI=1S/C13H15NO4/c1-8-3-2-4-14(8)11-6-9(12(15)16)5-10(7-11)13(17)18/h5-8H,2-4H2,1H3,(H,15,16)(H,17,18). The number of carboxylic acids is 2. The van der Waals surface area contributed by atoms with Crippen molar-refractivity contribution < 1.29 is 19.8 Å². The summed E-state index contributed by atoms with van der Waals surface area (Å²) in [5.74, 6) is -2.21. The quantitative estimate of drug-likeness (QED) is 0.857. The van der Waals surface area contributed by atoms with Gasteiger partial charge in [0, 0.05) is 18.3 Å². The Morgan fingerprint density at radius 3 is 2.11 bits per heavy atom. The van der Waals surface area contributed by atoms with Crippen LogP contribution in [-0.2, 0) is 0 Å². The average molecular weight is 249 g/mol. The molecule has 1 aromatic carbocycles. The first kappa shape index (κ1) is 12.4. The minimum absolute atomic E-state index is 0.0176. The van der Waals surface area contributed by atoms with Crippen LogP contribution in [0, 0.1) is 0 Å². The molecule has 2 rings (SSSR count). The lowest BCUT2D eigenvalue weighted by molar-refractivity contribution is 0.0696. The van der Waals surface area contributed by atoms with Crippen molar-refractivity contribution in [2.24, 2.45) is 0 Å². The number of carboxylic acid groups (broad SMARTS) is 2. The fourth-order valence-corrected chi connectivity index (χ4v) is 2.34. The van der Waals surface area contributed by atoms with E-state index in [9.17, 15) is 9.59 Å². The molecule has 1 unspecified atom stereocenters. The first-order valence-electron chi connectivity index (χ1n) is 5.87. The highest BCUT2D eigenvalue weighted by molar-refractivity contribution is 5.95. The molecule has 0 saturated carbocycles. The Morgan fingerprint density at radius 2 is 1.72 bits per heavy atom. The van der Waals surface area contributed by atoms with Gasteiger partial charge in [-0.05, 0) is 38.0 Å². The molecule has 1 saturated heterocycles. The van der Waals surface area contributed by atoms with Crippen LogP contribution in [0.25, 0.3) is 0 Å². The molecule has 0 amide bonds. The van der Waals surface area contributed by atoms with E-state index in [0.29, 0.717) is 11.7 Å². The van der Waals surface area contributed by atoms with Gasteiger partial charge < -0.3 is 15.1 Å². The molecule has 0 aliphatic carbocycles. The zero-order valence-electron chi connectivity index (χ0n) is 10.1. The second kappa shape index (κ2) is 4.68. The van der Waals surface area contributed by atoms with Gasteiger partial charge in [0.2, 0.25) is 0 Å². The van der Waals surface area contributed by atoms with Crippen LogP contribution in [-0.4, -0.2) is 34.7 Å². The Hall–Kier alpha value is -2.04. The number of carbonyl (C=O) groups is 2. The number of hydrogen-bond acceptors (Lipinski definition) is 3. The molecule has 96 valence electrons. The van der Waals surface area contributed by atoms with Crippen LogP contribution in [0.15, 0.2) is 18.2 Å². The van der Waals surface area contributed by atoms with Gasteiger partial charge in [0.15, 0.2) is 0 Å². The van der Waals surface area contributed by atoms with E-state index in [-0.39, 0.29) is 11.1 Å². The first-order valence-corrected chi connectivity index (χ1v) is 5.87. The minimum atomic E-state index is -1.11. The summed E-state index contributed by atoms with van der Waals surface area (Å²) in [5.41, 5.74) is 0.713. The number of benzene rings is 1. The van der Waals surface area contributed by atoms with Crippen molar-refractivity contribution in [3.8, 4) is 0 Å². The summed E-state index contributed by atoms with van der Waals surface area (Å²) in [5, 5.41) is 18.0. The second-order valence-electron chi connectivity index (χ2n) is 4.56. The van der Waals surface area contributed by atoms with Crippen LogP contribution in [0.5, 0.6) is 0 Å². The lowest BCUT2D eigenvalue weighted by atomic mass is 10.1. The fourth-order valence-electron chi connectivity index (χ4n) is 2.34. The molecular formula is C13H15NO4. The maximum absolute atomic E-state index is 11.0. The molecule has 1 aliphatic heterocycles. The lowest BCUT2D eigenvalue weighted by Crippen LogP contribution is -2.26. The van der Waals surface area contributed by atoms with Gasteiger partial charge in [0.05, 0.1) is 11.1 Å². The molecule has 5 nitrogen and oxygen atoms in total. The van der Waals surface area contributed by atoms with Crippen molar-refractivity contribution in [3.05, 3.63) is 29.3 Å². The van der Waals surface area contributed by atoms with Gasteiger partial charge in [-0.2, -0.15) is 0 Å². The third-order valence-corrected chi connectivity index (χ3v) is 3.30. The third-order valence-electron chi connectivity index (χ3n) is 3.30. The van der Waals surface area contributed by atoms with Gasteiger partial charge in [-0.1, -0.05) is 0 Å². The molecule has 1 aliphatic rings. The Kier molecular flexibility index (Phi) is 3.23. The normalized spacial score (nSPS) is 18.9. The van der Waals surface area contributed by atoms with Crippen LogP contribution >= 0.6 is 0 Å². The predicted octanol–water partition coefficient (Wildman–Crippen LogP) is 2.07. The van der Waals surface area contributed by atoms with Gasteiger partial charge >= 0.3 is 11.9 Å². The van der Waals surface area contributed by atoms with Crippen LogP contribution in [0.1, 0.15) is 40.5 Å². The van der Waals surface area contributed by atoms with Gasteiger partial charge in [-0.3, -0.25) is 0 Å². The highest BCUT2D eigenvalue weighted by atomic mass is 16.4. The van der Waals surface area contributed by atoms with E-state index < -0.39 is 11.9 Å². The average Bonchev–Trinajstić information content (AvgIpc) is 2.74. The molecule has 1 heterocycles. The number of aromatic carboxylic acids is 2. The highest BCUT2D eigenvalue weighted by Crippen LogP contribution is 2.27. The van der Waals surface area contributed by atoms with Crippen molar-refractivity contribution in [3.63, 3.8) is 0 Å².